The van der Waals surface area contributed by atoms with Crippen LogP contribution in [0.5, 0.6) is 34.5 Å². The summed E-state index contributed by atoms with van der Waals surface area (Å²) in [6.07, 6.45) is 97.3. The first kappa shape index (κ1) is 94.0. The topological polar surface area (TPSA) is 108 Å². The molecule has 0 radical (unpaired) electrons. The molecule has 0 bridgehead atoms. The van der Waals surface area contributed by atoms with Gasteiger partial charge in [0.25, 0.3) is 0 Å². The predicted octanol–water partition coefficient (Wildman–Crippen LogP) is 22.1. The number of ether oxygens (including phenoxy) is 6. The molecule has 4 aromatic carbocycles. The van der Waals surface area contributed by atoms with Gasteiger partial charge in [-0.2, -0.15) is 0 Å². The number of nitrogens with zero attached hydrogens (tertiary/aromatic N) is 12. The van der Waals surface area contributed by atoms with E-state index in [2.05, 4.69) is 246 Å². The summed E-state index contributed by atoms with van der Waals surface area (Å²) in [7, 11) is 12.6. The van der Waals surface area contributed by atoms with Gasteiger partial charge in [-0.25, -0.2) is 54.8 Å². The summed E-state index contributed by atoms with van der Waals surface area (Å²) in [5.74, 6) is 4.93. The fourth-order valence-electron chi connectivity index (χ4n) is 17.3. The molecule has 120 heavy (non-hydrogen) atoms. The van der Waals surface area contributed by atoms with E-state index in [1.54, 1.807) is 0 Å². The minimum atomic E-state index is 0.640. The summed E-state index contributed by atoms with van der Waals surface area (Å²) in [4.78, 5) is 0. The highest BCUT2D eigenvalue weighted by Crippen LogP contribution is 2.48. The highest BCUT2D eigenvalue weighted by molar-refractivity contribution is 6.27. The van der Waals surface area contributed by atoms with Crippen LogP contribution < -0.4 is 55.8 Å². The number of hydrogen-bond acceptors (Lipinski definition) is 6. The van der Waals surface area contributed by atoms with Crippen LogP contribution >= 0.6 is 0 Å². The van der Waals surface area contributed by atoms with E-state index >= 15 is 0 Å². The Morgan fingerprint density at radius 1 is 0.167 bits per heavy atom. The highest BCUT2D eigenvalue weighted by Gasteiger charge is 2.22. The minimum Gasteiger partial charge on any atom is -0.490 e. The summed E-state index contributed by atoms with van der Waals surface area (Å²) >= 11 is 0. The minimum absolute atomic E-state index is 0.640. The van der Waals surface area contributed by atoms with Crippen molar-refractivity contribution >= 4 is 32.3 Å². The van der Waals surface area contributed by atoms with Crippen LogP contribution in [0.3, 0.4) is 0 Å². The molecule has 0 aliphatic carbocycles. The quantitative estimate of drug-likeness (QED) is 0.0213. The maximum absolute atomic E-state index is 7.08. The monoisotopic (exact) mass is 1650 g/mol. The van der Waals surface area contributed by atoms with Crippen molar-refractivity contribution in [3.8, 4) is 34.5 Å². The number of aromatic nitrogens is 12. The molecule has 0 spiro atoms. The van der Waals surface area contributed by atoms with E-state index in [0.717, 1.165) is 183 Å². The molecular formula is C102H162N12O6+6. The molecule has 0 saturated heterocycles. The number of unbranched alkanes of at least 4 members (excludes halogenated alkanes) is 42. The third-order valence-electron chi connectivity index (χ3n) is 24.5. The van der Waals surface area contributed by atoms with Crippen LogP contribution in [0.25, 0.3) is 32.3 Å². The molecule has 0 N–H and O–H groups in total. The number of rotatable bonds is 72. The summed E-state index contributed by atoms with van der Waals surface area (Å²) in [5, 5.41) is 6.74. The predicted molar refractivity (Wildman–Crippen MR) is 487 cm³/mol. The Morgan fingerprint density at radius 3 is 0.400 bits per heavy atom. The number of fused-ring (bicyclic) bond motifs is 6. The van der Waals surface area contributed by atoms with Gasteiger partial charge in [0.15, 0.2) is 34.5 Å². The first-order valence-corrected chi connectivity index (χ1v) is 48.4. The van der Waals surface area contributed by atoms with Gasteiger partial charge in [-0.1, -0.05) is 193 Å². The van der Waals surface area contributed by atoms with Crippen molar-refractivity contribution in [3.63, 3.8) is 0 Å². The zero-order valence-electron chi connectivity index (χ0n) is 76.1. The molecule has 18 nitrogen and oxygen atoms in total. The molecule has 18 heteroatoms. The summed E-state index contributed by atoms with van der Waals surface area (Å²) in [6, 6.07) is 13.9. The average molecular weight is 1650 g/mol. The third kappa shape index (κ3) is 36.0. The average Bonchev–Trinajstić information content (AvgIpc) is 0.780. The van der Waals surface area contributed by atoms with Crippen LogP contribution in [-0.4, -0.2) is 67.0 Å². The van der Waals surface area contributed by atoms with Crippen LogP contribution in [0.1, 0.15) is 308 Å². The van der Waals surface area contributed by atoms with E-state index in [4.69, 9.17) is 28.4 Å². The molecule has 0 unspecified atom stereocenters. The molecule has 0 saturated carbocycles. The normalized spacial score (nSPS) is 11.8. The Hall–Kier alpha value is -8.28. The van der Waals surface area contributed by atoms with Crippen molar-refractivity contribution in [1.29, 1.82) is 0 Å². The largest absolute Gasteiger partial charge is 0.490 e. The molecule has 0 aliphatic heterocycles. The Kier molecular flexibility index (Phi) is 44.2. The van der Waals surface area contributed by atoms with Crippen molar-refractivity contribution in [2.24, 2.45) is 42.3 Å². The molecule has 10 rings (SSSR count). The number of benzene rings is 4. The first-order valence-electron chi connectivity index (χ1n) is 48.4. The maximum Gasteiger partial charge on any atom is 0.243 e. The van der Waals surface area contributed by atoms with Crippen molar-refractivity contribution < 1.29 is 55.8 Å². The van der Waals surface area contributed by atoms with Crippen LogP contribution in [0, 0.1) is 0 Å². The van der Waals surface area contributed by atoms with Gasteiger partial charge in [0.1, 0.15) is 74.4 Å². The van der Waals surface area contributed by atoms with Crippen molar-refractivity contribution in [3.05, 3.63) is 149 Å². The Morgan fingerprint density at radius 2 is 0.283 bits per heavy atom. The van der Waals surface area contributed by atoms with E-state index in [1.165, 1.54) is 231 Å². The van der Waals surface area contributed by atoms with E-state index in [1.807, 2.05) is 0 Å². The SMILES string of the molecule is C[n+]1ccn(CCCCCCCCCCOc2cc3c4cc(OCCCCCCCCCCn5cc[n+](C)c5)c(OCCCCCCCCCCn5cc[n+](C)c5)cc4c4cc(OCCCCCCCCCCn5cc[n+](C)c5)c(OCCCCCCCCCCn5cc[n+](C)c5)cc4c3cc2OCCCCCCCCCCn2cc[n+](C)c2)c1. The van der Waals surface area contributed by atoms with E-state index in [9.17, 15) is 0 Å². The molecular weight excluding hydrogens is 1490 g/mol. The maximum atomic E-state index is 7.08. The van der Waals surface area contributed by atoms with E-state index < -0.39 is 0 Å². The Bertz CT molecular complexity index is 3630. The molecule has 0 atom stereocenters. The highest BCUT2D eigenvalue weighted by atomic mass is 16.5. The second-order valence-electron chi connectivity index (χ2n) is 35.5. The van der Waals surface area contributed by atoms with Crippen LogP contribution in [0.15, 0.2) is 149 Å². The number of hydrogen-bond donors (Lipinski definition) is 0. The lowest BCUT2D eigenvalue weighted by Gasteiger charge is -2.21. The van der Waals surface area contributed by atoms with E-state index in [-0.39, 0.29) is 0 Å². The smallest absolute Gasteiger partial charge is 0.243 e. The van der Waals surface area contributed by atoms with Crippen molar-refractivity contribution in [1.82, 2.24) is 27.4 Å². The van der Waals surface area contributed by atoms with Gasteiger partial charge in [-0.05, 0) is 184 Å². The number of imidazole rings is 6. The fourth-order valence-corrected chi connectivity index (χ4v) is 17.3. The summed E-state index contributed by atoms with van der Waals surface area (Å²) in [6.45, 7) is 10.4. The lowest BCUT2D eigenvalue weighted by molar-refractivity contribution is -0.671. The third-order valence-corrected chi connectivity index (χ3v) is 24.5. The zero-order chi connectivity index (χ0) is 83.5. The second kappa shape index (κ2) is 56.4. The lowest BCUT2D eigenvalue weighted by Crippen LogP contribution is -2.23. The molecule has 10 aromatic rings. The molecule has 6 heterocycles. The number of aryl methyl sites for hydroxylation is 12. The van der Waals surface area contributed by atoms with Gasteiger partial charge < -0.3 is 28.4 Å². The molecule has 660 valence electrons. The van der Waals surface area contributed by atoms with Gasteiger partial charge >= 0.3 is 0 Å². The Labute approximate surface area is 724 Å². The van der Waals surface area contributed by atoms with Crippen LogP contribution in [-0.2, 0) is 81.6 Å². The second-order valence-corrected chi connectivity index (χ2v) is 35.5. The molecule has 0 fully saturated rings. The Balaban J connectivity index is 0.884. The molecule has 0 amide bonds. The zero-order valence-corrected chi connectivity index (χ0v) is 76.1. The molecule has 6 aromatic heterocycles. The van der Waals surface area contributed by atoms with Gasteiger partial charge in [0.2, 0.25) is 38.0 Å². The van der Waals surface area contributed by atoms with Crippen LogP contribution in [0.2, 0.25) is 0 Å². The van der Waals surface area contributed by atoms with Gasteiger partial charge in [-0.3, -0.25) is 0 Å². The van der Waals surface area contributed by atoms with Crippen LogP contribution in [0.4, 0.5) is 0 Å². The summed E-state index contributed by atoms with van der Waals surface area (Å²) < 4.78 is 69.1. The fraction of sp³-hybridized carbons (Fsp3) is 0.647. The van der Waals surface area contributed by atoms with E-state index in [0.29, 0.717) is 39.6 Å². The van der Waals surface area contributed by atoms with Gasteiger partial charge in [-0.15, -0.1) is 0 Å². The van der Waals surface area contributed by atoms with Crippen molar-refractivity contribution in [2.45, 2.75) is 347 Å². The van der Waals surface area contributed by atoms with Crippen molar-refractivity contribution in [2.75, 3.05) is 39.6 Å². The summed E-state index contributed by atoms with van der Waals surface area (Å²) in [5.41, 5.74) is 0. The first-order chi connectivity index (χ1) is 59.1. The van der Waals surface area contributed by atoms with Gasteiger partial charge in [0, 0.05) is 0 Å². The lowest BCUT2D eigenvalue weighted by atomic mass is 9.93. The standard InChI is InChI=1S/C102H162N12O6/c1-103-61-67-109(85-103)55-43-31-19-7-13-25-37-49-73-115-97-79-91-92(80-98(97)116-74-50-38-26-14-8-20-32-44-56-110-68-62-104(2)86-110)94-82-100(118-76-52-40-28-16-10-22-34-46-58-112-70-64-106(4)88-112)102(120-78-54-42-30-18-12-24-36-48-60-114-72-66-108(6)90-114)84-96(94)95-83-101(119-77-53-41-29-17-11-23-35-47-59-113-71-65-107(5)89-113)99(81-93(91)95)117-75-51-39-27-15-9-21-33-45-57-111-69-63-105(3)87-111/h61-72,79-90H,7-60,73-78H2,1-6H3/q+6. The van der Waals surface area contributed by atoms with Gasteiger partial charge in [0.05, 0.1) is 121 Å². The molecule has 0 aliphatic rings.